The van der Waals surface area contributed by atoms with Gasteiger partial charge in [0.1, 0.15) is 0 Å². The van der Waals surface area contributed by atoms with Gasteiger partial charge < -0.3 is 9.47 Å². The van der Waals surface area contributed by atoms with Crippen LogP contribution in [0.1, 0.15) is 37.7 Å². The van der Waals surface area contributed by atoms with Gasteiger partial charge in [0.15, 0.2) is 5.79 Å². The lowest BCUT2D eigenvalue weighted by Crippen LogP contribution is -2.37. The van der Waals surface area contributed by atoms with Crippen molar-refractivity contribution in [2.45, 2.75) is 55.8 Å². The Labute approximate surface area is 132 Å². The summed E-state index contributed by atoms with van der Waals surface area (Å²) in [6.07, 6.45) is 5.06. The maximum atomic E-state index is 12.3. The van der Waals surface area contributed by atoms with Crippen LogP contribution < -0.4 is 4.72 Å². The molecule has 0 bridgehead atoms. The number of ether oxygens (including phenoxy) is 2. The summed E-state index contributed by atoms with van der Waals surface area (Å²) < 4.78 is 39.1. The molecule has 1 atom stereocenters. The molecule has 22 heavy (non-hydrogen) atoms. The lowest BCUT2D eigenvalue weighted by Gasteiger charge is -2.31. The Bertz CT molecular complexity index is 623. The summed E-state index contributed by atoms with van der Waals surface area (Å²) >= 11 is 0. The Balaban J connectivity index is 1.58. The Morgan fingerprint density at radius 1 is 1.27 bits per heavy atom. The quantitative estimate of drug-likeness (QED) is 0.923. The largest absolute Gasteiger partial charge is 0.347 e. The second-order valence-electron chi connectivity index (χ2n) is 6.19. The average molecular weight is 325 g/mol. The van der Waals surface area contributed by atoms with E-state index >= 15 is 0 Å². The SMILES string of the molecule is Cc1cccc(S(=O)(=O)NC[C@H]2COC3(CCCCC3)O2)c1. The minimum atomic E-state index is -3.50. The first kappa shape index (κ1) is 15.9. The molecule has 1 saturated carbocycles. The molecule has 1 spiro atoms. The second-order valence-corrected chi connectivity index (χ2v) is 7.96. The first-order chi connectivity index (χ1) is 10.5. The Morgan fingerprint density at radius 3 is 2.77 bits per heavy atom. The van der Waals surface area contributed by atoms with Crippen molar-refractivity contribution < 1.29 is 17.9 Å². The molecule has 2 aliphatic rings. The molecule has 2 fully saturated rings. The normalized spacial score (nSPS) is 24.7. The second kappa shape index (κ2) is 6.28. The first-order valence-electron chi connectivity index (χ1n) is 7.87. The molecule has 1 heterocycles. The van der Waals surface area contributed by atoms with E-state index in [1.165, 1.54) is 6.42 Å². The molecule has 3 rings (SSSR count). The highest BCUT2D eigenvalue weighted by Gasteiger charge is 2.42. The monoisotopic (exact) mass is 325 g/mol. The van der Waals surface area contributed by atoms with Crippen molar-refractivity contribution in [3.05, 3.63) is 29.8 Å². The Morgan fingerprint density at radius 2 is 2.05 bits per heavy atom. The van der Waals surface area contributed by atoms with Crippen LogP contribution in [0.2, 0.25) is 0 Å². The first-order valence-corrected chi connectivity index (χ1v) is 9.36. The van der Waals surface area contributed by atoms with Crippen LogP contribution in [-0.4, -0.2) is 33.5 Å². The maximum Gasteiger partial charge on any atom is 0.240 e. The zero-order valence-electron chi connectivity index (χ0n) is 12.9. The van der Waals surface area contributed by atoms with Crippen LogP contribution in [-0.2, 0) is 19.5 Å². The van der Waals surface area contributed by atoms with Gasteiger partial charge in [-0.2, -0.15) is 0 Å². The van der Waals surface area contributed by atoms with Crippen molar-refractivity contribution >= 4 is 10.0 Å². The van der Waals surface area contributed by atoms with Crippen LogP contribution in [0.4, 0.5) is 0 Å². The lowest BCUT2D eigenvalue weighted by molar-refractivity contribution is -0.186. The molecule has 122 valence electrons. The summed E-state index contributed by atoms with van der Waals surface area (Å²) in [5.74, 6) is -0.461. The van der Waals surface area contributed by atoms with E-state index in [2.05, 4.69) is 4.72 Å². The number of rotatable bonds is 4. The molecule has 5 nitrogen and oxygen atoms in total. The topological polar surface area (TPSA) is 64.6 Å². The third kappa shape index (κ3) is 3.51. The zero-order chi connectivity index (χ0) is 15.6. The number of nitrogens with one attached hydrogen (secondary N) is 1. The van der Waals surface area contributed by atoms with Gasteiger partial charge in [0.05, 0.1) is 17.6 Å². The summed E-state index contributed by atoms with van der Waals surface area (Å²) in [5.41, 5.74) is 0.921. The Kier molecular flexibility index (Phi) is 4.54. The van der Waals surface area contributed by atoms with E-state index in [1.807, 2.05) is 13.0 Å². The minimum absolute atomic E-state index is 0.210. The van der Waals surface area contributed by atoms with Gasteiger partial charge in [-0.3, -0.25) is 0 Å². The van der Waals surface area contributed by atoms with E-state index in [0.717, 1.165) is 31.2 Å². The molecule has 1 aliphatic carbocycles. The number of benzene rings is 1. The van der Waals surface area contributed by atoms with Gasteiger partial charge >= 0.3 is 0 Å². The summed E-state index contributed by atoms with van der Waals surface area (Å²) in [5, 5.41) is 0. The molecule has 0 radical (unpaired) electrons. The predicted molar refractivity (Wildman–Crippen MR) is 83.0 cm³/mol. The molecule has 6 heteroatoms. The molecule has 1 N–H and O–H groups in total. The lowest BCUT2D eigenvalue weighted by atomic mass is 9.94. The predicted octanol–water partition coefficient (Wildman–Crippen LogP) is 2.35. The molecule has 0 unspecified atom stereocenters. The van der Waals surface area contributed by atoms with Gasteiger partial charge in [-0.1, -0.05) is 18.6 Å². The van der Waals surface area contributed by atoms with Crippen LogP contribution in [0.3, 0.4) is 0 Å². The standard InChI is InChI=1S/C16H23NO4S/c1-13-6-5-7-15(10-13)22(18,19)17-11-14-12-20-16(21-14)8-3-2-4-9-16/h5-7,10,14,17H,2-4,8-9,11-12H2,1H3/t14-/m0/s1. The van der Waals surface area contributed by atoms with Gasteiger partial charge in [0.25, 0.3) is 0 Å². The fourth-order valence-corrected chi connectivity index (χ4v) is 4.31. The maximum absolute atomic E-state index is 12.3. The number of hydrogen-bond donors (Lipinski definition) is 1. The van der Waals surface area contributed by atoms with Gasteiger partial charge in [-0.05, 0) is 37.5 Å². The highest BCUT2D eigenvalue weighted by Crippen LogP contribution is 2.37. The van der Waals surface area contributed by atoms with Crippen molar-refractivity contribution in [2.24, 2.45) is 0 Å². The number of hydrogen-bond acceptors (Lipinski definition) is 4. The molecular formula is C16H23NO4S. The molecular weight excluding hydrogens is 302 g/mol. The molecule has 1 aliphatic heterocycles. The van der Waals surface area contributed by atoms with E-state index in [0.29, 0.717) is 11.5 Å². The van der Waals surface area contributed by atoms with E-state index in [-0.39, 0.29) is 12.6 Å². The van der Waals surface area contributed by atoms with Gasteiger partial charge in [0, 0.05) is 19.4 Å². The molecule has 1 aromatic rings. The van der Waals surface area contributed by atoms with Crippen molar-refractivity contribution in [3.8, 4) is 0 Å². The van der Waals surface area contributed by atoms with Crippen LogP contribution in [0.25, 0.3) is 0 Å². The van der Waals surface area contributed by atoms with E-state index in [9.17, 15) is 8.42 Å². The van der Waals surface area contributed by atoms with E-state index < -0.39 is 15.8 Å². The highest BCUT2D eigenvalue weighted by atomic mass is 32.2. The van der Waals surface area contributed by atoms with Gasteiger partial charge in [0.2, 0.25) is 10.0 Å². The van der Waals surface area contributed by atoms with Crippen molar-refractivity contribution in [3.63, 3.8) is 0 Å². The van der Waals surface area contributed by atoms with E-state index in [1.54, 1.807) is 18.2 Å². The summed E-state index contributed by atoms with van der Waals surface area (Å²) in [4.78, 5) is 0.291. The zero-order valence-corrected chi connectivity index (χ0v) is 13.7. The van der Waals surface area contributed by atoms with Gasteiger partial charge in [-0.15, -0.1) is 0 Å². The summed E-state index contributed by atoms with van der Waals surface area (Å²) in [6.45, 7) is 2.58. The van der Waals surface area contributed by atoms with Crippen molar-refractivity contribution in [1.82, 2.24) is 4.72 Å². The molecule has 0 amide bonds. The highest BCUT2D eigenvalue weighted by molar-refractivity contribution is 7.89. The third-order valence-corrected chi connectivity index (χ3v) is 5.75. The smallest absolute Gasteiger partial charge is 0.240 e. The fraction of sp³-hybridized carbons (Fsp3) is 0.625. The fourth-order valence-electron chi connectivity index (χ4n) is 3.14. The van der Waals surface area contributed by atoms with Crippen molar-refractivity contribution in [2.75, 3.05) is 13.2 Å². The molecule has 1 saturated heterocycles. The third-order valence-electron chi connectivity index (χ3n) is 4.33. The van der Waals surface area contributed by atoms with Crippen molar-refractivity contribution in [1.29, 1.82) is 0 Å². The summed E-state index contributed by atoms with van der Waals surface area (Å²) in [6, 6.07) is 6.89. The Hall–Kier alpha value is -0.950. The van der Waals surface area contributed by atoms with Crippen LogP contribution in [0.5, 0.6) is 0 Å². The molecule has 1 aromatic carbocycles. The van der Waals surface area contributed by atoms with Crippen LogP contribution in [0, 0.1) is 6.92 Å². The number of aryl methyl sites for hydroxylation is 1. The molecule has 0 aromatic heterocycles. The number of sulfonamides is 1. The average Bonchev–Trinajstić information content (AvgIpc) is 2.89. The van der Waals surface area contributed by atoms with E-state index in [4.69, 9.17) is 9.47 Å². The van der Waals surface area contributed by atoms with Crippen LogP contribution in [0.15, 0.2) is 29.2 Å². The minimum Gasteiger partial charge on any atom is -0.347 e. The van der Waals surface area contributed by atoms with Crippen LogP contribution >= 0.6 is 0 Å². The summed E-state index contributed by atoms with van der Waals surface area (Å²) in [7, 11) is -3.50. The van der Waals surface area contributed by atoms with Gasteiger partial charge in [-0.25, -0.2) is 13.1 Å².